The van der Waals surface area contributed by atoms with Gasteiger partial charge < -0.3 is 14.8 Å². The topological polar surface area (TPSA) is 128 Å². The van der Waals surface area contributed by atoms with E-state index in [0.717, 1.165) is 16.6 Å². The number of non-ortho nitro benzene ring substituents is 1. The van der Waals surface area contributed by atoms with Crippen molar-refractivity contribution >= 4 is 44.6 Å². The van der Waals surface area contributed by atoms with Gasteiger partial charge >= 0.3 is 0 Å². The van der Waals surface area contributed by atoms with E-state index < -0.39 is 27.4 Å². The van der Waals surface area contributed by atoms with Gasteiger partial charge in [-0.1, -0.05) is 11.6 Å². The zero-order chi connectivity index (χ0) is 21.8. The fourth-order valence-electron chi connectivity index (χ4n) is 2.42. The summed E-state index contributed by atoms with van der Waals surface area (Å²) in [6.45, 7) is -0.624. The number of nitro groups is 1. The Bertz CT molecular complexity index is 1040. The van der Waals surface area contributed by atoms with Crippen molar-refractivity contribution in [2.45, 2.75) is 0 Å². The SMILES string of the molecule is COc1ccc(OC)c(N(CC(=O)Nc2cc([N+](=O)[O-])ccc2Cl)S(C)(=O)=O)c1. The van der Waals surface area contributed by atoms with Crippen LogP contribution in [0.25, 0.3) is 0 Å². The van der Waals surface area contributed by atoms with E-state index in [4.69, 9.17) is 21.1 Å². The molecule has 10 nitrogen and oxygen atoms in total. The van der Waals surface area contributed by atoms with Gasteiger partial charge in [-0.25, -0.2) is 8.42 Å². The Morgan fingerprint density at radius 3 is 2.45 bits per heavy atom. The molecule has 0 aliphatic carbocycles. The number of benzene rings is 2. The van der Waals surface area contributed by atoms with Gasteiger partial charge in [-0.15, -0.1) is 0 Å². The molecular formula is C17H18ClN3O7S. The van der Waals surface area contributed by atoms with E-state index in [1.165, 1.54) is 38.5 Å². The Kier molecular flexibility index (Phi) is 6.88. The molecule has 0 unspecified atom stereocenters. The quantitative estimate of drug-likeness (QED) is 0.490. The third kappa shape index (κ3) is 5.48. The van der Waals surface area contributed by atoms with Crippen molar-refractivity contribution in [3.63, 3.8) is 0 Å². The number of nitrogens with one attached hydrogen (secondary N) is 1. The molecule has 0 spiro atoms. The number of sulfonamides is 1. The number of methoxy groups -OCH3 is 2. The summed E-state index contributed by atoms with van der Waals surface area (Å²) in [5.41, 5.74) is -0.203. The Balaban J connectivity index is 2.37. The van der Waals surface area contributed by atoms with Crippen LogP contribution in [-0.2, 0) is 14.8 Å². The lowest BCUT2D eigenvalue weighted by atomic mass is 10.2. The van der Waals surface area contributed by atoms with Crippen molar-refractivity contribution in [1.29, 1.82) is 0 Å². The summed E-state index contributed by atoms with van der Waals surface area (Å²) >= 11 is 5.97. The lowest BCUT2D eigenvalue weighted by Crippen LogP contribution is -2.37. The molecule has 0 bridgehead atoms. The van der Waals surface area contributed by atoms with Gasteiger partial charge in [-0.3, -0.25) is 19.2 Å². The predicted octanol–water partition coefficient (Wildman–Crippen LogP) is 2.67. The van der Waals surface area contributed by atoms with Crippen molar-refractivity contribution in [3.05, 3.63) is 51.5 Å². The Morgan fingerprint density at radius 2 is 1.90 bits per heavy atom. The molecule has 0 atom stereocenters. The Hall–Kier alpha value is -3.05. The van der Waals surface area contributed by atoms with Gasteiger partial charge in [-0.2, -0.15) is 0 Å². The molecule has 0 radical (unpaired) electrons. The van der Waals surface area contributed by atoms with Crippen LogP contribution in [0.1, 0.15) is 0 Å². The highest BCUT2D eigenvalue weighted by Crippen LogP contribution is 2.34. The van der Waals surface area contributed by atoms with E-state index in [2.05, 4.69) is 5.32 Å². The zero-order valence-electron chi connectivity index (χ0n) is 15.7. The predicted molar refractivity (Wildman–Crippen MR) is 108 cm³/mol. The Morgan fingerprint density at radius 1 is 1.21 bits per heavy atom. The van der Waals surface area contributed by atoms with Crippen LogP contribution in [0.3, 0.4) is 0 Å². The van der Waals surface area contributed by atoms with Crippen LogP contribution in [0.2, 0.25) is 5.02 Å². The highest BCUT2D eigenvalue weighted by molar-refractivity contribution is 7.92. The third-order valence-corrected chi connectivity index (χ3v) is 5.23. The molecule has 0 aromatic heterocycles. The molecule has 2 rings (SSSR count). The highest BCUT2D eigenvalue weighted by atomic mass is 35.5. The van der Waals surface area contributed by atoms with Crippen molar-refractivity contribution < 1.29 is 27.6 Å². The smallest absolute Gasteiger partial charge is 0.271 e. The second-order valence-corrected chi connectivity index (χ2v) is 8.09. The number of nitrogens with zero attached hydrogens (tertiary/aromatic N) is 2. The van der Waals surface area contributed by atoms with Gasteiger partial charge in [0.05, 0.1) is 41.8 Å². The zero-order valence-corrected chi connectivity index (χ0v) is 17.3. The fraction of sp³-hybridized carbons (Fsp3) is 0.235. The van der Waals surface area contributed by atoms with Crippen LogP contribution in [0.4, 0.5) is 17.1 Å². The lowest BCUT2D eigenvalue weighted by Gasteiger charge is -2.24. The number of carbonyl (C=O) groups excluding carboxylic acids is 1. The molecule has 0 fully saturated rings. The number of nitro benzene ring substituents is 1. The number of carbonyl (C=O) groups is 1. The molecule has 2 aromatic carbocycles. The molecule has 29 heavy (non-hydrogen) atoms. The van der Waals surface area contributed by atoms with Gasteiger partial charge in [0.1, 0.15) is 18.0 Å². The molecule has 156 valence electrons. The highest BCUT2D eigenvalue weighted by Gasteiger charge is 2.25. The number of halogens is 1. The average Bonchev–Trinajstić information content (AvgIpc) is 2.66. The maximum Gasteiger partial charge on any atom is 0.271 e. The first kappa shape index (κ1) is 22.2. The largest absolute Gasteiger partial charge is 0.497 e. The summed E-state index contributed by atoms with van der Waals surface area (Å²) in [5, 5.41) is 13.4. The van der Waals surface area contributed by atoms with Crippen LogP contribution in [0, 0.1) is 10.1 Å². The molecule has 0 saturated carbocycles. The first-order valence-corrected chi connectivity index (χ1v) is 10.2. The summed E-state index contributed by atoms with van der Waals surface area (Å²) in [4.78, 5) is 22.8. The van der Waals surface area contributed by atoms with Crippen molar-refractivity contribution in [2.24, 2.45) is 0 Å². The summed E-state index contributed by atoms with van der Waals surface area (Å²) in [6.07, 6.45) is 0.930. The second-order valence-electron chi connectivity index (χ2n) is 5.78. The average molecular weight is 444 g/mol. The Labute approximate surface area is 172 Å². The van der Waals surface area contributed by atoms with E-state index in [1.54, 1.807) is 6.07 Å². The third-order valence-electron chi connectivity index (χ3n) is 3.78. The first-order valence-electron chi connectivity index (χ1n) is 8.00. The summed E-state index contributed by atoms with van der Waals surface area (Å²) in [6, 6.07) is 8.01. The normalized spacial score (nSPS) is 10.9. The summed E-state index contributed by atoms with van der Waals surface area (Å²) in [7, 11) is -1.13. The number of hydrogen-bond donors (Lipinski definition) is 1. The fourth-order valence-corrected chi connectivity index (χ4v) is 3.43. The van der Waals surface area contributed by atoms with Crippen LogP contribution in [0.5, 0.6) is 11.5 Å². The van der Waals surface area contributed by atoms with Gasteiger partial charge in [-0.05, 0) is 18.2 Å². The minimum absolute atomic E-state index is 0.0167. The van der Waals surface area contributed by atoms with Gasteiger partial charge in [0.2, 0.25) is 15.9 Å². The van der Waals surface area contributed by atoms with Crippen LogP contribution >= 0.6 is 11.6 Å². The molecule has 0 aliphatic rings. The van der Waals surface area contributed by atoms with E-state index in [-0.39, 0.29) is 27.8 Å². The van der Waals surface area contributed by atoms with Crippen molar-refractivity contribution in [3.8, 4) is 11.5 Å². The minimum Gasteiger partial charge on any atom is -0.497 e. The van der Waals surface area contributed by atoms with Crippen LogP contribution < -0.4 is 19.1 Å². The second kappa shape index (κ2) is 8.97. The maximum atomic E-state index is 12.5. The molecule has 12 heteroatoms. The monoisotopic (exact) mass is 443 g/mol. The molecule has 1 amide bonds. The summed E-state index contributed by atoms with van der Waals surface area (Å²) < 4.78 is 35.8. The number of rotatable bonds is 8. The van der Waals surface area contributed by atoms with Crippen molar-refractivity contribution in [2.75, 3.05) is 36.6 Å². The standard InChI is InChI=1S/C17H18ClN3O7S/c1-27-12-5-7-16(28-2)15(9-12)20(29(3,25)26)10-17(22)19-14-8-11(21(23)24)4-6-13(14)18/h4-9H,10H2,1-3H3,(H,19,22). The molecule has 1 N–H and O–H groups in total. The van der Waals surface area contributed by atoms with Crippen LogP contribution in [-0.4, -0.2) is 46.3 Å². The lowest BCUT2D eigenvalue weighted by molar-refractivity contribution is -0.384. The minimum atomic E-state index is -3.90. The first-order chi connectivity index (χ1) is 13.6. The van der Waals surface area contributed by atoms with E-state index in [1.807, 2.05) is 0 Å². The number of anilines is 2. The molecular weight excluding hydrogens is 426 g/mol. The molecule has 0 saturated heterocycles. The van der Waals surface area contributed by atoms with Crippen LogP contribution in [0.15, 0.2) is 36.4 Å². The molecule has 0 heterocycles. The van der Waals surface area contributed by atoms with E-state index >= 15 is 0 Å². The summed E-state index contributed by atoms with van der Waals surface area (Å²) in [5.74, 6) is -0.198. The van der Waals surface area contributed by atoms with E-state index in [9.17, 15) is 23.3 Å². The van der Waals surface area contributed by atoms with Gasteiger partial charge in [0, 0.05) is 18.2 Å². The number of hydrogen-bond acceptors (Lipinski definition) is 7. The molecule has 2 aromatic rings. The van der Waals surface area contributed by atoms with Gasteiger partial charge in [0.25, 0.3) is 5.69 Å². The van der Waals surface area contributed by atoms with Gasteiger partial charge in [0.15, 0.2) is 0 Å². The number of ether oxygens (including phenoxy) is 2. The number of amides is 1. The van der Waals surface area contributed by atoms with Crippen molar-refractivity contribution in [1.82, 2.24) is 0 Å². The molecule has 0 aliphatic heterocycles. The van der Waals surface area contributed by atoms with E-state index in [0.29, 0.717) is 5.75 Å². The maximum absolute atomic E-state index is 12.5.